The number of aromatic nitrogens is 2. The molecular formula is C12H16N4O2S2. The van der Waals surface area contributed by atoms with Crippen LogP contribution in [0.1, 0.15) is 0 Å². The lowest BCUT2D eigenvalue weighted by atomic mass is 10.3. The van der Waals surface area contributed by atoms with Crippen molar-refractivity contribution in [3.63, 3.8) is 0 Å². The third-order valence-corrected chi connectivity index (χ3v) is 5.01. The molecule has 2 aromatic rings. The lowest BCUT2D eigenvalue weighted by molar-refractivity contribution is 0.602. The second-order valence-corrected chi connectivity index (χ2v) is 7.22. The Balaban J connectivity index is 1.84. The van der Waals surface area contributed by atoms with E-state index in [1.807, 2.05) is 12.1 Å². The van der Waals surface area contributed by atoms with Crippen molar-refractivity contribution in [1.29, 1.82) is 0 Å². The fourth-order valence-corrected chi connectivity index (χ4v) is 3.82. The summed E-state index contributed by atoms with van der Waals surface area (Å²) in [6.45, 7) is 0. The summed E-state index contributed by atoms with van der Waals surface area (Å²) >= 11 is 1.47. The molecule has 0 aliphatic rings. The van der Waals surface area contributed by atoms with E-state index in [2.05, 4.69) is 9.82 Å². The second-order valence-electron chi connectivity index (χ2n) is 4.21. The number of nitrogens with one attached hydrogen (secondary N) is 1. The number of nitrogens with two attached hydrogens (primary N) is 1. The molecule has 0 saturated heterocycles. The van der Waals surface area contributed by atoms with Gasteiger partial charge in [-0.3, -0.25) is 9.40 Å². The third-order valence-electron chi connectivity index (χ3n) is 2.47. The molecule has 0 radical (unpaired) electrons. The summed E-state index contributed by atoms with van der Waals surface area (Å²) in [6, 6.07) is 8.95. The number of nitrogens with zero attached hydrogens (tertiary/aromatic N) is 2. The molecule has 6 nitrogen and oxygen atoms in total. The smallest absolute Gasteiger partial charge is 0.234 e. The van der Waals surface area contributed by atoms with Crippen LogP contribution >= 0.6 is 11.8 Å². The number of thioether (sulfide) groups is 1. The average Bonchev–Trinajstić information content (AvgIpc) is 2.76. The first-order chi connectivity index (χ1) is 9.44. The van der Waals surface area contributed by atoms with Crippen LogP contribution in [0.2, 0.25) is 0 Å². The summed E-state index contributed by atoms with van der Waals surface area (Å²) in [5.41, 5.74) is 6.28. The van der Waals surface area contributed by atoms with Crippen LogP contribution in [0.15, 0.2) is 41.4 Å². The minimum atomic E-state index is -3.37. The number of sulfonamides is 1. The molecule has 0 unspecified atom stereocenters. The van der Waals surface area contributed by atoms with Crippen molar-refractivity contribution in [3.8, 4) is 0 Å². The Hall–Kier alpha value is -1.67. The van der Waals surface area contributed by atoms with Crippen molar-refractivity contribution in [2.75, 3.05) is 22.0 Å². The van der Waals surface area contributed by atoms with Crippen LogP contribution in [-0.4, -0.2) is 29.7 Å². The quantitative estimate of drug-likeness (QED) is 0.624. The molecular weight excluding hydrogens is 296 g/mol. The molecule has 3 N–H and O–H groups in total. The Labute approximate surface area is 122 Å². The summed E-state index contributed by atoms with van der Waals surface area (Å²) in [4.78, 5) is 0.993. The van der Waals surface area contributed by atoms with Gasteiger partial charge in [0.25, 0.3) is 0 Å². The molecule has 0 atom stereocenters. The van der Waals surface area contributed by atoms with E-state index < -0.39 is 10.0 Å². The predicted octanol–water partition coefficient (Wildman–Crippen LogP) is 1.54. The van der Waals surface area contributed by atoms with Crippen LogP contribution in [0.25, 0.3) is 0 Å². The fourth-order valence-electron chi connectivity index (χ4n) is 1.51. The van der Waals surface area contributed by atoms with Gasteiger partial charge in [-0.15, -0.1) is 11.8 Å². The molecule has 0 aliphatic carbocycles. The first-order valence-electron chi connectivity index (χ1n) is 5.93. The molecule has 0 spiro atoms. The van der Waals surface area contributed by atoms with E-state index in [-0.39, 0.29) is 5.75 Å². The van der Waals surface area contributed by atoms with Crippen LogP contribution in [-0.2, 0) is 17.1 Å². The largest absolute Gasteiger partial charge is 0.399 e. The van der Waals surface area contributed by atoms with Gasteiger partial charge in [-0.05, 0) is 24.3 Å². The first kappa shape index (κ1) is 14.7. The monoisotopic (exact) mass is 312 g/mol. The van der Waals surface area contributed by atoms with Gasteiger partial charge in [0.05, 0.1) is 5.75 Å². The zero-order valence-corrected chi connectivity index (χ0v) is 12.6. The standard InChI is InChI=1S/C12H16N4O2S2/c1-16-7-6-12(14-16)15-20(17,18)9-8-19-11-4-2-10(13)3-5-11/h2-7H,8-9,13H2,1H3,(H,14,15). The summed E-state index contributed by atoms with van der Waals surface area (Å²) in [7, 11) is -1.64. The molecule has 0 bridgehead atoms. The number of hydrogen-bond acceptors (Lipinski definition) is 5. The van der Waals surface area contributed by atoms with Crippen molar-refractivity contribution >= 4 is 33.3 Å². The van der Waals surface area contributed by atoms with Crippen LogP contribution < -0.4 is 10.5 Å². The number of nitrogen functional groups attached to an aromatic ring is 1. The molecule has 108 valence electrons. The molecule has 2 rings (SSSR count). The van der Waals surface area contributed by atoms with Crippen LogP contribution in [0.3, 0.4) is 0 Å². The molecule has 8 heteroatoms. The Morgan fingerprint density at radius 3 is 2.60 bits per heavy atom. The molecule has 0 saturated carbocycles. The van der Waals surface area contributed by atoms with E-state index in [0.717, 1.165) is 4.90 Å². The number of benzene rings is 1. The fraction of sp³-hybridized carbons (Fsp3) is 0.250. The minimum Gasteiger partial charge on any atom is -0.399 e. The number of rotatable bonds is 6. The Kier molecular flexibility index (Phi) is 4.56. The number of hydrogen-bond donors (Lipinski definition) is 2. The predicted molar refractivity (Wildman–Crippen MR) is 82.2 cm³/mol. The SMILES string of the molecule is Cn1ccc(NS(=O)(=O)CCSc2ccc(N)cc2)n1. The Morgan fingerprint density at radius 2 is 2.00 bits per heavy atom. The Morgan fingerprint density at radius 1 is 1.30 bits per heavy atom. The molecule has 1 aromatic heterocycles. The highest BCUT2D eigenvalue weighted by Crippen LogP contribution is 2.19. The zero-order chi connectivity index (χ0) is 14.6. The molecule has 0 aliphatic heterocycles. The second kappa shape index (κ2) is 6.19. The maximum atomic E-state index is 11.9. The summed E-state index contributed by atoms with van der Waals surface area (Å²) in [6.07, 6.45) is 1.68. The van der Waals surface area contributed by atoms with E-state index >= 15 is 0 Å². The van der Waals surface area contributed by atoms with E-state index in [1.54, 1.807) is 36.1 Å². The van der Waals surface area contributed by atoms with Gasteiger partial charge in [0.15, 0.2) is 5.82 Å². The van der Waals surface area contributed by atoms with Gasteiger partial charge in [-0.2, -0.15) is 5.10 Å². The van der Waals surface area contributed by atoms with Gasteiger partial charge in [0.2, 0.25) is 10.0 Å². The molecule has 20 heavy (non-hydrogen) atoms. The van der Waals surface area contributed by atoms with Crippen molar-refractivity contribution in [2.24, 2.45) is 7.05 Å². The average molecular weight is 312 g/mol. The van der Waals surface area contributed by atoms with E-state index in [1.165, 1.54) is 11.8 Å². The number of anilines is 2. The molecule has 1 aromatic carbocycles. The summed E-state index contributed by atoms with van der Waals surface area (Å²) in [5.74, 6) is 0.829. The van der Waals surface area contributed by atoms with Gasteiger partial charge in [-0.1, -0.05) is 0 Å². The van der Waals surface area contributed by atoms with Gasteiger partial charge in [-0.25, -0.2) is 8.42 Å². The van der Waals surface area contributed by atoms with Crippen LogP contribution in [0.5, 0.6) is 0 Å². The minimum absolute atomic E-state index is 0.0264. The van der Waals surface area contributed by atoms with Gasteiger partial charge < -0.3 is 5.73 Å². The topological polar surface area (TPSA) is 90.0 Å². The van der Waals surface area contributed by atoms with Crippen LogP contribution in [0, 0.1) is 0 Å². The highest BCUT2D eigenvalue weighted by molar-refractivity contribution is 8.01. The lowest BCUT2D eigenvalue weighted by Crippen LogP contribution is -2.18. The summed E-state index contributed by atoms with van der Waals surface area (Å²) in [5, 5.41) is 3.98. The van der Waals surface area contributed by atoms with Crippen LogP contribution in [0.4, 0.5) is 11.5 Å². The summed E-state index contributed by atoms with van der Waals surface area (Å²) < 4.78 is 27.7. The van der Waals surface area contributed by atoms with Crippen molar-refractivity contribution < 1.29 is 8.42 Å². The van der Waals surface area contributed by atoms with Gasteiger partial charge >= 0.3 is 0 Å². The van der Waals surface area contributed by atoms with Gasteiger partial charge in [0.1, 0.15) is 0 Å². The lowest BCUT2D eigenvalue weighted by Gasteiger charge is -2.05. The van der Waals surface area contributed by atoms with E-state index in [4.69, 9.17) is 5.73 Å². The van der Waals surface area contributed by atoms with Gasteiger partial charge in [0, 0.05) is 35.6 Å². The van der Waals surface area contributed by atoms with E-state index in [0.29, 0.717) is 17.3 Å². The molecule has 0 amide bonds. The normalized spacial score (nSPS) is 11.4. The maximum absolute atomic E-state index is 11.9. The Bertz CT molecular complexity index is 665. The van der Waals surface area contributed by atoms with Crippen molar-refractivity contribution in [1.82, 2.24) is 9.78 Å². The molecule has 1 heterocycles. The van der Waals surface area contributed by atoms with Crippen molar-refractivity contribution in [2.45, 2.75) is 4.90 Å². The van der Waals surface area contributed by atoms with E-state index in [9.17, 15) is 8.42 Å². The number of aryl methyl sites for hydroxylation is 1. The van der Waals surface area contributed by atoms with Crippen molar-refractivity contribution in [3.05, 3.63) is 36.5 Å². The molecule has 0 fully saturated rings. The highest BCUT2D eigenvalue weighted by atomic mass is 32.2. The highest BCUT2D eigenvalue weighted by Gasteiger charge is 2.11. The first-order valence-corrected chi connectivity index (χ1v) is 8.57. The zero-order valence-electron chi connectivity index (χ0n) is 11.0. The maximum Gasteiger partial charge on any atom is 0.234 e. The third kappa shape index (κ3) is 4.46.